The maximum Gasteiger partial charge on any atom is 0.226 e. The van der Waals surface area contributed by atoms with Crippen LogP contribution in [0.15, 0.2) is 89.7 Å². The van der Waals surface area contributed by atoms with Crippen LogP contribution in [0, 0.1) is 0 Å². The molecule has 3 nitrogen and oxygen atoms in total. The topological polar surface area (TPSA) is 38.9 Å². The van der Waals surface area contributed by atoms with Crippen LogP contribution in [-0.2, 0) is 0 Å². The van der Waals surface area contributed by atoms with Crippen LogP contribution in [0.25, 0.3) is 33.9 Å². The predicted molar refractivity (Wildman–Crippen MR) is 90.6 cm³/mol. The molecule has 2 heterocycles. The lowest BCUT2D eigenvalue weighted by atomic mass is 10.0. The second-order valence-electron chi connectivity index (χ2n) is 5.21. The van der Waals surface area contributed by atoms with E-state index in [9.17, 15) is 0 Å². The number of hydrogen-bond donors (Lipinski definition) is 0. The summed E-state index contributed by atoms with van der Waals surface area (Å²) >= 11 is 0. The van der Waals surface area contributed by atoms with Crippen LogP contribution in [0.1, 0.15) is 0 Å². The number of nitrogens with zero attached hydrogens (tertiary/aromatic N) is 2. The molecule has 4 aromatic rings. The van der Waals surface area contributed by atoms with Gasteiger partial charge in [0, 0.05) is 23.5 Å². The van der Waals surface area contributed by atoms with Crippen molar-refractivity contribution in [2.45, 2.75) is 0 Å². The Balaban J connectivity index is 1.63. The molecule has 0 aliphatic heterocycles. The summed E-state index contributed by atoms with van der Waals surface area (Å²) in [5.74, 6) is 1.37. The van der Waals surface area contributed by atoms with E-state index in [0.29, 0.717) is 5.89 Å². The van der Waals surface area contributed by atoms with Crippen LogP contribution >= 0.6 is 0 Å². The Labute approximate surface area is 134 Å². The quantitative estimate of drug-likeness (QED) is 0.530. The first-order chi connectivity index (χ1) is 11.4. The Morgan fingerprint density at radius 3 is 2.00 bits per heavy atom. The lowest BCUT2D eigenvalue weighted by molar-refractivity contribution is 0.589. The van der Waals surface area contributed by atoms with Crippen LogP contribution in [-0.4, -0.2) is 9.97 Å². The fraction of sp³-hybridized carbons (Fsp3) is 0. The highest BCUT2D eigenvalue weighted by Gasteiger charge is 2.08. The van der Waals surface area contributed by atoms with Gasteiger partial charge in [-0.3, -0.25) is 4.98 Å². The monoisotopic (exact) mass is 298 g/mol. The minimum absolute atomic E-state index is 0.606. The van der Waals surface area contributed by atoms with Crippen LogP contribution in [0.2, 0.25) is 0 Å². The van der Waals surface area contributed by atoms with Gasteiger partial charge in [0.05, 0.1) is 6.20 Å². The lowest BCUT2D eigenvalue weighted by Gasteiger charge is -2.02. The van der Waals surface area contributed by atoms with E-state index in [0.717, 1.165) is 16.9 Å². The molecule has 0 saturated carbocycles. The van der Waals surface area contributed by atoms with Crippen LogP contribution in [0.5, 0.6) is 0 Å². The summed E-state index contributed by atoms with van der Waals surface area (Å²) in [6.07, 6.45) is 5.22. The largest absolute Gasteiger partial charge is 0.436 e. The van der Waals surface area contributed by atoms with E-state index in [1.54, 1.807) is 18.6 Å². The number of aromatic nitrogens is 2. The molecule has 0 atom stereocenters. The van der Waals surface area contributed by atoms with Crippen molar-refractivity contribution >= 4 is 0 Å². The zero-order valence-corrected chi connectivity index (χ0v) is 12.4. The van der Waals surface area contributed by atoms with E-state index in [4.69, 9.17) is 4.42 Å². The molecule has 0 amide bonds. The zero-order chi connectivity index (χ0) is 15.5. The van der Waals surface area contributed by atoms with Crippen LogP contribution in [0.4, 0.5) is 0 Å². The van der Waals surface area contributed by atoms with Gasteiger partial charge in [0.1, 0.15) is 0 Å². The third-order valence-electron chi connectivity index (χ3n) is 3.71. The van der Waals surface area contributed by atoms with Crippen molar-refractivity contribution in [3.05, 3.63) is 85.3 Å². The molecule has 0 fully saturated rings. The summed E-state index contributed by atoms with van der Waals surface area (Å²) < 4.78 is 5.86. The van der Waals surface area contributed by atoms with Gasteiger partial charge >= 0.3 is 0 Å². The number of rotatable bonds is 3. The second kappa shape index (κ2) is 5.89. The molecule has 110 valence electrons. The molecule has 2 aromatic carbocycles. The van der Waals surface area contributed by atoms with Crippen LogP contribution < -0.4 is 0 Å². The number of benzene rings is 2. The number of hydrogen-bond acceptors (Lipinski definition) is 3. The molecule has 3 heteroatoms. The smallest absolute Gasteiger partial charge is 0.226 e. The molecule has 4 rings (SSSR count). The van der Waals surface area contributed by atoms with E-state index in [2.05, 4.69) is 46.4 Å². The summed E-state index contributed by atoms with van der Waals surface area (Å²) in [6.45, 7) is 0. The Kier molecular flexibility index (Phi) is 3.45. The minimum Gasteiger partial charge on any atom is -0.436 e. The first kappa shape index (κ1) is 13.5. The number of pyridine rings is 1. The summed E-state index contributed by atoms with van der Waals surface area (Å²) in [7, 11) is 0. The molecule has 0 aliphatic carbocycles. The van der Waals surface area contributed by atoms with Crippen molar-refractivity contribution in [2.75, 3.05) is 0 Å². The number of oxazole rings is 1. The van der Waals surface area contributed by atoms with Gasteiger partial charge in [0.2, 0.25) is 5.89 Å². The van der Waals surface area contributed by atoms with Crippen molar-refractivity contribution in [2.24, 2.45) is 0 Å². The van der Waals surface area contributed by atoms with Crippen LogP contribution in [0.3, 0.4) is 0 Å². The molecule has 0 spiro atoms. The van der Waals surface area contributed by atoms with Gasteiger partial charge in [-0.1, -0.05) is 54.6 Å². The third-order valence-corrected chi connectivity index (χ3v) is 3.71. The van der Waals surface area contributed by atoms with Crippen molar-refractivity contribution in [3.8, 4) is 33.9 Å². The third kappa shape index (κ3) is 2.77. The van der Waals surface area contributed by atoms with Gasteiger partial charge in [0.15, 0.2) is 5.76 Å². The molecule has 0 unspecified atom stereocenters. The highest BCUT2D eigenvalue weighted by Crippen LogP contribution is 2.28. The fourth-order valence-electron chi connectivity index (χ4n) is 2.49. The first-order valence-corrected chi connectivity index (χ1v) is 7.42. The molecule has 23 heavy (non-hydrogen) atoms. The van der Waals surface area contributed by atoms with E-state index in [1.165, 1.54) is 11.1 Å². The second-order valence-corrected chi connectivity index (χ2v) is 5.21. The lowest BCUT2D eigenvalue weighted by Crippen LogP contribution is -1.78. The minimum atomic E-state index is 0.606. The maximum absolute atomic E-state index is 5.86. The molecular weight excluding hydrogens is 284 g/mol. The summed E-state index contributed by atoms with van der Waals surface area (Å²) in [6, 6.07) is 22.4. The highest BCUT2D eigenvalue weighted by atomic mass is 16.4. The van der Waals surface area contributed by atoms with Gasteiger partial charge in [0.25, 0.3) is 0 Å². The Hall–Kier alpha value is -3.20. The predicted octanol–water partition coefficient (Wildman–Crippen LogP) is 5.07. The molecular formula is C20H14N2O. The summed E-state index contributed by atoms with van der Waals surface area (Å²) in [5, 5.41) is 0. The van der Waals surface area contributed by atoms with Gasteiger partial charge in [-0.15, -0.1) is 0 Å². The van der Waals surface area contributed by atoms with E-state index in [1.807, 2.05) is 30.3 Å². The van der Waals surface area contributed by atoms with Gasteiger partial charge in [-0.2, -0.15) is 0 Å². The van der Waals surface area contributed by atoms with Crippen molar-refractivity contribution < 1.29 is 4.42 Å². The average molecular weight is 298 g/mol. The molecule has 0 aliphatic rings. The average Bonchev–Trinajstić information content (AvgIpc) is 3.14. The van der Waals surface area contributed by atoms with Gasteiger partial charge in [-0.25, -0.2) is 4.98 Å². The zero-order valence-electron chi connectivity index (χ0n) is 12.4. The van der Waals surface area contributed by atoms with Crippen molar-refractivity contribution in [1.29, 1.82) is 0 Å². The highest BCUT2D eigenvalue weighted by molar-refractivity contribution is 5.68. The van der Waals surface area contributed by atoms with E-state index >= 15 is 0 Å². The maximum atomic E-state index is 5.86. The molecule has 0 bridgehead atoms. The van der Waals surface area contributed by atoms with Crippen molar-refractivity contribution in [3.63, 3.8) is 0 Å². The van der Waals surface area contributed by atoms with Gasteiger partial charge in [-0.05, 0) is 23.3 Å². The Morgan fingerprint density at radius 1 is 0.609 bits per heavy atom. The SMILES string of the molecule is c1ccc(-c2ccc(-c3cnc(-c4ccncc4)o3)cc2)cc1. The summed E-state index contributed by atoms with van der Waals surface area (Å²) in [4.78, 5) is 8.35. The van der Waals surface area contributed by atoms with E-state index in [-0.39, 0.29) is 0 Å². The van der Waals surface area contributed by atoms with Crippen molar-refractivity contribution in [1.82, 2.24) is 9.97 Å². The van der Waals surface area contributed by atoms with Gasteiger partial charge < -0.3 is 4.42 Å². The Morgan fingerprint density at radius 2 is 1.26 bits per heavy atom. The molecule has 2 aromatic heterocycles. The normalized spacial score (nSPS) is 10.6. The molecule has 0 radical (unpaired) electrons. The first-order valence-electron chi connectivity index (χ1n) is 7.42. The Bertz CT molecular complexity index is 897. The molecule has 0 N–H and O–H groups in total. The standard InChI is InChI=1S/C20H14N2O/c1-2-4-15(5-3-1)16-6-8-17(9-7-16)19-14-22-20(23-19)18-10-12-21-13-11-18/h1-14H. The summed E-state index contributed by atoms with van der Waals surface area (Å²) in [5.41, 5.74) is 4.32. The molecule has 0 saturated heterocycles. The van der Waals surface area contributed by atoms with E-state index < -0.39 is 0 Å². The fourth-order valence-corrected chi connectivity index (χ4v) is 2.49.